The molecule has 1 saturated heterocycles. The summed E-state index contributed by atoms with van der Waals surface area (Å²) in [6.07, 6.45) is 1.12. The molecule has 1 aromatic heterocycles. The predicted molar refractivity (Wildman–Crippen MR) is 149 cm³/mol. The Kier molecular flexibility index (Phi) is 8.21. The molecule has 1 aliphatic heterocycles. The number of likely N-dealkylation sites (tertiary alicyclic amines) is 1. The van der Waals surface area contributed by atoms with Gasteiger partial charge in [0.1, 0.15) is 5.69 Å². The van der Waals surface area contributed by atoms with Crippen molar-refractivity contribution in [3.8, 4) is 0 Å². The molecule has 1 aliphatic carbocycles. The molecule has 40 heavy (non-hydrogen) atoms. The second-order valence-corrected chi connectivity index (χ2v) is 11.1. The van der Waals surface area contributed by atoms with E-state index in [4.69, 9.17) is 0 Å². The van der Waals surface area contributed by atoms with Crippen LogP contribution in [0, 0.1) is 0 Å². The van der Waals surface area contributed by atoms with Gasteiger partial charge in [0.2, 0.25) is 0 Å². The highest BCUT2D eigenvalue weighted by molar-refractivity contribution is 7.09. The second-order valence-electron chi connectivity index (χ2n) is 10.2. The van der Waals surface area contributed by atoms with E-state index < -0.39 is 11.7 Å². The molecule has 2 unspecified atom stereocenters. The van der Waals surface area contributed by atoms with Crippen LogP contribution in [0.5, 0.6) is 0 Å². The summed E-state index contributed by atoms with van der Waals surface area (Å²) in [6.45, 7) is 3.03. The highest BCUT2D eigenvalue weighted by Gasteiger charge is 2.34. The third-order valence-corrected chi connectivity index (χ3v) is 8.56. The van der Waals surface area contributed by atoms with Gasteiger partial charge < -0.3 is 10.2 Å². The molecule has 2 atom stereocenters. The van der Waals surface area contributed by atoms with E-state index in [1.165, 1.54) is 23.5 Å². The van der Waals surface area contributed by atoms with Crippen molar-refractivity contribution in [2.24, 2.45) is 0 Å². The first-order valence-corrected chi connectivity index (χ1v) is 14.2. The molecule has 0 radical (unpaired) electrons. The molecular formula is C31H30F3N3O2S. The molecule has 2 amide bonds. The Labute approximate surface area is 235 Å². The van der Waals surface area contributed by atoms with Crippen LogP contribution in [0.2, 0.25) is 0 Å². The van der Waals surface area contributed by atoms with E-state index in [1.807, 2.05) is 54.3 Å². The van der Waals surface area contributed by atoms with Crippen molar-refractivity contribution in [1.82, 2.24) is 15.2 Å². The number of aromatic nitrogens is 1. The van der Waals surface area contributed by atoms with Crippen LogP contribution >= 0.6 is 11.3 Å². The Morgan fingerprint density at radius 1 is 1.05 bits per heavy atom. The molecule has 9 heteroatoms. The minimum Gasteiger partial charge on any atom is -0.344 e. The van der Waals surface area contributed by atoms with Crippen molar-refractivity contribution in [3.05, 3.63) is 111 Å². The number of hydrogen-bond donors (Lipinski definition) is 1. The third kappa shape index (κ3) is 6.20. The number of nitrogens with one attached hydrogen (secondary N) is 1. The summed E-state index contributed by atoms with van der Waals surface area (Å²) in [5.41, 5.74) is 2.04. The summed E-state index contributed by atoms with van der Waals surface area (Å²) in [5.74, 6) is -0.447. The Morgan fingerprint density at radius 2 is 1.75 bits per heavy atom. The molecule has 5 nitrogen and oxygen atoms in total. The lowest BCUT2D eigenvalue weighted by molar-refractivity contribution is -0.0886. The number of alkyl halides is 3. The van der Waals surface area contributed by atoms with Crippen molar-refractivity contribution in [2.45, 2.75) is 50.2 Å². The summed E-state index contributed by atoms with van der Waals surface area (Å²) >= 11 is 1.47. The Hall–Kier alpha value is -3.72. The maximum atomic E-state index is 13.5. The van der Waals surface area contributed by atoms with E-state index >= 15 is 0 Å². The number of hydrogen-bond acceptors (Lipinski definition) is 4. The zero-order valence-electron chi connectivity index (χ0n) is 22.0. The number of allylic oxidation sites excluding steroid dienone is 4. The number of halogens is 3. The topological polar surface area (TPSA) is 62.3 Å². The second kappa shape index (κ2) is 11.8. The van der Waals surface area contributed by atoms with Crippen LogP contribution < -0.4 is 5.32 Å². The molecule has 0 saturated carbocycles. The van der Waals surface area contributed by atoms with Crippen molar-refractivity contribution in [3.63, 3.8) is 0 Å². The summed E-state index contributed by atoms with van der Waals surface area (Å²) in [5, 5.41) is 5.68. The fourth-order valence-corrected chi connectivity index (χ4v) is 6.22. The summed E-state index contributed by atoms with van der Waals surface area (Å²) < 4.78 is 39.1. The monoisotopic (exact) mass is 565 g/mol. The van der Waals surface area contributed by atoms with Gasteiger partial charge in [-0.3, -0.25) is 9.59 Å². The van der Waals surface area contributed by atoms with Gasteiger partial charge in [0, 0.05) is 35.9 Å². The molecule has 0 bridgehead atoms. The summed E-state index contributed by atoms with van der Waals surface area (Å²) in [6, 6.07) is 16.8. The number of rotatable bonds is 6. The van der Waals surface area contributed by atoms with E-state index in [-0.39, 0.29) is 36.1 Å². The zero-order valence-corrected chi connectivity index (χ0v) is 22.8. The van der Waals surface area contributed by atoms with Crippen molar-refractivity contribution < 1.29 is 22.8 Å². The molecule has 0 spiro atoms. The van der Waals surface area contributed by atoms with Gasteiger partial charge in [0.05, 0.1) is 16.6 Å². The normalized spacial score (nSPS) is 18.8. The van der Waals surface area contributed by atoms with Crippen LogP contribution in [0.4, 0.5) is 13.2 Å². The van der Waals surface area contributed by atoms with Gasteiger partial charge in [-0.25, -0.2) is 4.98 Å². The lowest BCUT2D eigenvalue weighted by atomic mass is 9.86. The van der Waals surface area contributed by atoms with Gasteiger partial charge in [-0.05, 0) is 43.4 Å². The van der Waals surface area contributed by atoms with Gasteiger partial charge >= 0.3 is 6.18 Å². The van der Waals surface area contributed by atoms with Gasteiger partial charge in [-0.15, -0.1) is 11.3 Å². The Morgan fingerprint density at radius 3 is 2.42 bits per heavy atom. The lowest BCUT2D eigenvalue weighted by Gasteiger charge is -2.32. The summed E-state index contributed by atoms with van der Waals surface area (Å²) in [7, 11) is 0. The third-order valence-electron chi connectivity index (χ3n) is 7.55. The van der Waals surface area contributed by atoms with Crippen LogP contribution in [0.1, 0.15) is 81.0 Å². The fraction of sp³-hybridized carbons (Fsp3) is 0.323. The highest BCUT2D eigenvalue weighted by atomic mass is 32.1. The van der Waals surface area contributed by atoms with E-state index in [2.05, 4.69) is 10.3 Å². The van der Waals surface area contributed by atoms with E-state index in [1.54, 1.807) is 17.5 Å². The standard InChI is InChI=1S/C31H30F3N3O2S/c1-20(21-7-3-2-4-8-21)35-28(38)27-19-40-29(36-27)23-15-17-37(18-16-23)30(39)26-10-6-5-9-25(26)22-11-13-24(14-12-22)31(32,33)34/h2-11,13-14,19-20,22-23H,12,15-18H2,1H3,(H,35,38). The molecule has 1 fully saturated rings. The minimum absolute atomic E-state index is 0.109. The first kappa shape index (κ1) is 27.8. The molecule has 1 N–H and O–H groups in total. The van der Waals surface area contributed by atoms with E-state index in [0.717, 1.165) is 35.1 Å². The largest absolute Gasteiger partial charge is 0.416 e. The van der Waals surface area contributed by atoms with Crippen LogP contribution in [0.25, 0.3) is 0 Å². The molecule has 5 rings (SSSR count). The Bertz CT molecular complexity index is 1420. The molecule has 2 aliphatic rings. The van der Waals surface area contributed by atoms with Crippen molar-refractivity contribution in [2.75, 3.05) is 13.1 Å². The number of carbonyl (C=O) groups is 2. The lowest BCUT2D eigenvalue weighted by Crippen LogP contribution is -2.38. The van der Waals surface area contributed by atoms with Crippen LogP contribution in [-0.2, 0) is 0 Å². The number of nitrogens with zero attached hydrogens (tertiary/aromatic N) is 2. The number of thiazole rings is 1. The molecule has 208 valence electrons. The minimum atomic E-state index is -4.37. The number of carbonyl (C=O) groups excluding carboxylic acids is 2. The van der Waals surface area contributed by atoms with Crippen LogP contribution in [0.15, 0.2) is 83.8 Å². The first-order chi connectivity index (χ1) is 19.2. The first-order valence-electron chi connectivity index (χ1n) is 13.4. The smallest absolute Gasteiger partial charge is 0.344 e. The van der Waals surface area contributed by atoms with Gasteiger partial charge in [-0.1, -0.05) is 66.8 Å². The van der Waals surface area contributed by atoms with Crippen LogP contribution in [0.3, 0.4) is 0 Å². The van der Waals surface area contributed by atoms with Gasteiger partial charge in [0.15, 0.2) is 0 Å². The fourth-order valence-electron chi connectivity index (χ4n) is 5.25. The molecular weight excluding hydrogens is 535 g/mol. The zero-order chi connectivity index (χ0) is 28.3. The van der Waals surface area contributed by atoms with Gasteiger partial charge in [-0.2, -0.15) is 13.2 Å². The molecule has 2 aromatic carbocycles. The number of benzene rings is 2. The maximum absolute atomic E-state index is 13.5. The Balaban J connectivity index is 1.19. The predicted octanol–water partition coefficient (Wildman–Crippen LogP) is 7.19. The SMILES string of the molecule is CC(NC(=O)c1csc(C2CCN(C(=O)c3ccccc3C3C=CC(C(F)(F)F)=CC3)CC2)n1)c1ccccc1. The average molecular weight is 566 g/mol. The molecule has 3 aromatic rings. The van der Waals surface area contributed by atoms with E-state index in [0.29, 0.717) is 24.3 Å². The van der Waals surface area contributed by atoms with Crippen LogP contribution in [-0.4, -0.2) is 41.0 Å². The van der Waals surface area contributed by atoms with E-state index in [9.17, 15) is 22.8 Å². The van der Waals surface area contributed by atoms with Gasteiger partial charge in [0.25, 0.3) is 11.8 Å². The number of piperidine rings is 1. The molecule has 2 heterocycles. The summed E-state index contributed by atoms with van der Waals surface area (Å²) in [4.78, 5) is 32.7. The average Bonchev–Trinajstić information content (AvgIpc) is 3.48. The number of amides is 2. The quantitative estimate of drug-likeness (QED) is 0.344. The van der Waals surface area contributed by atoms with Crippen molar-refractivity contribution >= 4 is 23.2 Å². The highest BCUT2D eigenvalue weighted by Crippen LogP contribution is 2.36. The van der Waals surface area contributed by atoms with Crippen molar-refractivity contribution in [1.29, 1.82) is 0 Å². The maximum Gasteiger partial charge on any atom is 0.416 e.